The number of fused-ring (bicyclic) bond motifs is 2. The van der Waals surface area contributed by atoms with Crippen LogP contribution in [0.15, 0.2) is 107 Å². The molecule has 50 heavy (non-hydrogen) atoms. The third kappa shape index (κ3) is 19.4. The summed E-state index contributed by atoms with van der Waals surface area (Å²) in [5.41, 5.74) is 6.60. The minimum atomic E-state index is 0.863. The minimum absolute atomic E-state index is 0.863. The lowest BCUT2D eigenvalue weighted by Gasteiger charge is -1.95. The molecule has 0 radical (unpaired) electrons. The first-order valence-electron chi connectivity index (χ1n) is 18.9. The van der Waals surface area contributed by atoms with Gasteiger partial charge < -0.3 is 0 Å². The van der Waals surface area contributed by atoms with E-state index in [0.717, 1.165) is 32.3 Å². The average molecular weight is 719 g/mol. The lowest BCUT2D eigenvalue weighted by atomic mass is 10.2. The average Bonchev–Trinajstić information content (AvgIpc) is 3.87. The number of aryl methyl sites for hydroxylation is 1. The zero-order valence-electron chi connectivity index (χ0n) is 34.8. The van der Waals surface area contributed by atoms with Crippen molar-refractivity contribution < 1.29 is 0 Å². The van der Waals surface area contributed by atoms with Crippen molar-refractivity contribution in [1.29, 1.82) is 0 Å². The molecule has 0 aliphatic heterocycles. The molecule has 4 nitrogen and oxygen atoms in total. The lowest BCUT2D eigenvalue weighted by molar-refractivity contribution is 1.17. The molecular formula is C44H70N4S2. The van der Waals surface area contributed by atoms with Crippen LogP contribution < -0.4 is 0 Å². The highest BCUT2D eigenvalue weighted by Gasteiger charge is 2.06. The summed E-state index contributed by atoms with van der Waals surface area (Å²) < 4.78 is 2.46. The second kappa shape index (κ2) is 38.1. The second-order valence-corrected chi connectivity index (χ2v) is 9.75. The van der Waals surface area contributed by atoms with Gasteiger partial charge in [-0.25, -0.2) is 9.97 Å². The number of rotatable bonds is 3. The summed E-state index contributed by atoms with van der Waals surface area (Å²) >= 11 is 3.45. The molecule has 2 aromatic heterocycles. The SMILES string of the molecule is CC.CC.CC.CC.CC.CC.CC.CC.CN=Nc1ccc(-c2nc3ccccc3s2)cc1.Cc1ccc(-c2nc3ccccc3s2)cc1. The van der Waals surface area contributed by atoms with Gasteiger partial charge in [0.1, 0.15) is 10.0 Å². The molecule has 0 amide bonds. The topological polar surface area (TPSA) is 50.5 Å². The Morgan fingerprint density at radius 3 is 1.06 bits per heavy atom. The first-order valence-corrected chi connectivity index (χ1v) is 20.5. The van der Waals surface area contributed by atoms with Gasteiger partial charge in [-0.2, -0.15) is 10.2 Å². The van der Waals surface area contributed by atoms with Crippen molar-refractivity contribution in [3.05, 3.63) is 103 Å². The first-order chi connectivity index (χ1) is 24.7. The molecule has 4 aromatic carbocycles. The maximum absolute atomic E-state index is 4.63. The van der Waals surface area contributed by atoms with Gasteiger partial charge in [0.05, 0.1) is 26.1 Å². The summed E-state index contributed by atoms with van der Waals surface area (Å²) in [6.45, 7) is 34.1. The summed E-state index contributed by atoms with van der Waals surface area (Å²) in [5, 5.41) is 9.88. The van der Waals surface area contributed by atoms with Gasteiger partial charge in [0, 0.05) is 18.2 Å². The van der Waals surface area contributed by atoms with Crippen LogP contribution >= 0.6 is 22.7 Å². The summed E-state index contributed by atoms with van der Waals surface area (Å²) in [7, 11) is 1.67. The number of azo groups is 1. The van der Waals surface area contributed by atoms with Gasteiger partial charge in [-0.3, -0.25) is 0 Å². The van der Waals surface area contributed by atoms with Gasteiger partial charge in [0.15, 0.2) is 0 Å². The van der Waals surface area contributed by atoms with Crippen LogP contribution in [0.5, 0.6) is 0 Å². The normalized spacial score (nSPS) is 8.52. The highest BCUT2D eigenvalue weighted by atomic mass is 32.1. The standard InChI is InChI=1S/C14H11N3S.C14H11NS.8C2H6/c1-15-17-11-8-6-10(7-9-11)14-16-12-4-2-3-5-13(12)18-14;1-10-6-8-11(9-7-10)14-15-12-4-2-3-5-13(12)16-14;8*1-2/h2-9H,1H3;2-9H,1H3;8*1-2H3. The third-order valence-corrected chi connectivity index (χ3v) is 7.39. The van der Waals surface area contributed by atoms with E-state index in [9.17, 15) is 0 Å². The number of nitrogens with zero attached hydrogens (tertiary/aromatic N) is 4. The molecule has 0 unspecified atom stereocenters. The molecule has 2 heterocycles. The zero-order chi connectivity index (χ0) is 39.3. The van der Waals surface area contributed by atoms with Crippen LogP contribution in [0.4, 0.5) is 5.69 Å². The van der Waals surface area contributed by atoms with Gasteiger partial charge in [-0.15, -0.1) is 22.7 Å². The molecule has 6 heteroatoms. The number of para-hydroxylation sites is 2. The van der Waals surface area contributed by atoms with Gasteiger partial charge in [0.2, 0.25) is 0 Å². The van der Waals surface area contributed by atoms with E-state index in [-0.39, 0.29) is 0 Å². The fraction of sp³-hybridized carbons (Fsp3) is 0.409. The Hall–Kier alpha value is -3.74. The van der Waals surface area contributed by atoms with Gasteiger partial charge in [-0.05, 0) is 55.5 Å². The van der Waals surface area contributed by atoms with E-state index in [1.54, 1.807) is 29.7 Å². The molecule has 0 saturated carbocycles. The number of hydrogen-bond acceptors (Lipinski definition) is 6. The predicted octanol–water partition coefficient (Wildman–Crippen LogP) is 17.2. The zero-order valence-corrected chi connectivity index (χ0v) is 36.5. The Kier molecular flexibility index (Phi) is 40.4. The van der Waals surface area contributed by atoms with E-state index < -0.39 is 0 Å². The predicted molar refractivity (Wildman–Crippen MR) is 236 cm³/mol. The summed E-state index contributed by atoms with van der Waals surface area (Å²) in [5.74, 6) is 0. The van der Waals surface area contributed by atoms with E-state index in [1.165, 1.54) is 20.5 Å². The van der Waals surface area contributed by atoms with Crippen LogP contribution in [0.25, 0.3) is 41.6 Å². The largest absolute Gasteiger partial charge is 0.236 e. The Morgan fingerprint density at radius 2 is 0.740 bits per heavy atom. The molecule has 0 aliphatic carbocycles. The van der Waals surface area contributed by atoms with Crippen molar-refractivity contribution in [2.24, 2.45) is 10.2 Å². The molecule has 0 N–H and O–H groups in total. The van der Waals surface area contributed by atoms with Crippen molar-refractivity contribution in [1.82, 2.24) is 9.97 Å². The summed E-state index contributed by atoms with van der Waals surface area (Å²) in [6.07, 6.45) is 0. The molecule has 0 spiro atoms. The molecular weight excluding hydrogens is 649 g/mol. The number of benzene rings is 4. The van der Waals surface area contributed by atoms with Crippen LogP contribution in [0, 0.1) is 6.92 Å². The minimum Gasteiger partial charge on any atom is -0.236 e. The van der Waals surface area contributed by atoms with Crippen LogP contribution in [0.1, 0.15) is 116 Å². The van der Waals surface area contributed by atoms with E-state index >= 15 is 0 Å². The maximum Gasteiger partial charge on any atom is 0.124 e. The smallest absolute Gasteiger partial charge is 0.124 e. The lowest BCUT2D eigenvalue weighted by Crippen LogP contribution is -1.76. The quantitative estimate of drug-likeness (QED) is 0.171. The molecule has 6 rings (SSSR count). The first kappa shape index (κ1) is 53.1. The van der Waals surface area contributed by atoms with E-state index in [0.29, 0.717) is 0 Å². The van der Waals surface area contributed by atoms with Crippen molar-refractivity contribution >= 4 is 48.8 Å². The molecule has 278 valence electrons. The fourth-order valence-corrected chi connectivity index (χ4v) is 5.42. The van der Waals surface area contributed by atoms with Crippen LogP contribution in [0.3, 0.4) is 0 Å². The van der Waals surface area contributed by atoms with E-state index in [2.05, 4.69) is 75.7 Å². The molecule has 6 aromatic rings. The van der Waals surface area contributed by atoms with Crippen molar-refractivity contribution in [3.63, 3.8) is 0 Å². The molecule has 0 saturated heterocycles. The monoisotopic (exact) mass is 719 g/mol. The number of aromatic nitrogens is 2. The fourth-order valence-electron chi connectivity index (χ4n) is 3.47. The maximum atomic E-state index is 4.63. The summed E-state index contributed by atoms with van der Waals surface area (Å²) in [4.78, 5) is 9.25. The van der Waals surface area contributed by atoms with Crippen molar-refractivity contribution in [3.8, 4) is 21.1 Å². The highest BCUT2D eigenvalue weighted by Crippen LogP contribution is 2.31. The Balaban J connectivity index is -0.000000304. The Bertz CT molecular complexity index is 1500. The molecule has 0 bridgehead atoms. The molecule has 0 fully saturated rings. The van der Waals surface area contributed by atoms with E-state index in [1.807, 2.05) is 159 Å². The van der Waals surface area contributed by atoms with Crippen molar-refractivity contribution in [2.45, 2.75) is 118 Å². The molecule has 0 atom stereocenters. The van der Waals surface area contributed by atoms with Crippen LogP contribution in [-0.4, -0.2) is 17.0 Å². The van der Waals surface area contributed by atoms with Crippen LogP contribution in [-0.2, 0) is 0 Å². The Morgan fingerprint density at radius 1 is 0.420 bits per heavy atom. The second-order valence-electron chi connectivity index (χ2n) is 7.69. The Labute approximate surface area is 316 Å². The van der Waals surface area contributed by atoms with Gasteiger partial charge >= 0.3 is 0 Å². The van der Waals surface area contributed by atoms with E-state index in [4.69, 9.17) is 0 Å². The number of hydrogen-bond donors (Lipinski definition) is 0. The van der Waals surface area contributed by atoms with Crippen molar-refractivity contribution in [2.75, 3.05) is 7.05 Å². The van der Waals surface area contributed by atoms with Crippen LogP contribution in [0.2, 0.25) is 0 Å². The highest BCUT2D eigenvalue weighted by molar-refractivity contribution is 7.22. The van der Waals surface area contributed by atoms with Gasteiger partial charge in [-0.1, -0.05) is 165 Å². The number of thiazole rings is 2. The third-order valence-electron chi connectivity index (χ3n) is 5.22. The van der Waals surface area contributed by atoms with Gasteiger partial charge in [0.25, 0.3) is 0 Å². The summed E-state index contributed by atoms with van der Waals surface area (Å²) in [6, 6.07) is 32.9. The molecule has 0 aliphatic rings.